The van der Waals surface area contributed by atoms with Crippen molar-refractivity contribution in [2.75, 3.05) is 0 Å². The molecule has 3 aromatic rings. The number of imidazole rings is 1. The van der Waals surface area contributed by atoms with Gasteiger partial charge in [-0.2, -0.15) is 0 Å². The van der Waals surface area contributed by atoms with Crippen LogP contribution in [0.15, 0.2) is 42.6 Å². The first-order valence-electron chi connectivity index (χ1n) is 6.15. The predicted octanol–water partition coefficient (Wildman–Crippen LogP) is 3.50. The van der Waals surface area contributed by atoms with E-state index in [9.17, 15) is 8.78 Å². The quantitative estimate of drug-likeness (QED) is 0.730. The van der Waals surface area contributed by atoms with Gasteiger partial charge in [0.1, 0.15) is 18.1 Å². The van der Waals surface area contributed by atoms with Crippen LogP contribution in [0.5, 0.6) is 5.75 Å². The smallest absolute Gasteiger partial charge is 0.167 e. The van der Waals surface area contributed by atoms with Crippen LogP contribution >= 0.6 is 0 Å². The number of pyridine rings is 1. The molecule has 0 saturated carbocycles. The van der Waals surface area contributed by atoms with Crippen molar-refractivity contribution in [2.45, 2.75) is 13.5 Å². The summed E-state index contributed by atoms with van der Waals surface area (Å²) in [6.07, 6.45) is 1.87. The molecular weight excluding hydrogens is 262 g/mol. The fourth-order valence-corrected chi connectivity index (χ4v) is 2.08. The number of rotatable bonds is 3. The van der Waals surface area contributed by atoms with Crippen LogP contribution in [0.2, 0.25) is 0 Å². The van der Waals surface area contributed by atoms with Gasteiger partial charge in [-0.25, -0.2) is 13.8 Å². The van der Waals surface area contributed by atoms with Gasteiger partial charge in [-0.1, -0.05) is 6.07 Å². The summed E-state index contributed by atoms with van der Waals surface area (Å²) in [5, 5.41) is 0. The van der Waals surface area contributed by atoms with E-state index in [1.165, 1.54) is 12.1 Å². The standard InChI is InChI=1S/C15H12F2N2O/c1-10-13(19-7-3-2-4-15(19)18-10)9-20-14-6-5-11(16)8-12(14)17/h2-8H,9H2,1H3. The average molecular weight is 274 g/mol. The molecule has 102 valence electrons. The Labute approximate surface area is 114 Å². The van der Waals surface area contributed by atoms with Crippen LogP contribution in [0.3, 0.4) is 0 Å². The molecule has 0 atom stereocenters. The number of hydrogen-bond acceptors (Lipinski definition) is 2. The zero-order valence-electron chi connectivity index (χ0n) is 10.8. The molecule has 3 rings (SSSR count). The highest BCUT2D eigenvalue weighted by atomic mass is 19.1. The third-order valence-electron chi connectivity index (χ3n) is 3.09. The number of aromatic nitrogens is 2. The summed E-state index contributed by atoms with van der Waals surface area (Å²) in [5.74, 6) is -1.31. The van der Waals surface area contributed by atoms with E-state index in [2.05, 4.69) is 4.98 Å². The number of ether oxygens (including phenoxy) is 1. The molecule has 0 amide bonds. The minimum Gasteiger partial charge on any atom is -0.484 e. The number of benzene rings is 1. The van der Waals surface area contributed by atoms with Gasteiger partial charge >= 0.3 is 0 Å². The van der Waals surface area contributed by atoms with Gasteiger partial charge in [-0.05, 0) is 31.2 Å². The highest BCUT2D eigenvalue weighted by Crippen LogP contribution is 2.20. The van der Waals surface area contributed by atoms with E-state index in [4.69, 9.17) is 4.74 Å². The molecule has 2 heterocycles. The molecule has 0 N–H and O–H groups in total. The van der Waals surface area contributed by atoms with Gasteiger partial charge in [0, 0.05) is 12.3 Å². The highest BCUT2D eigenvalue weighted by Gasteiger charge is 2.10. The lowest BCUT2D eigenvalue weighted by atomic mass is 10.3. The maximum atomic E-state index is 13.5. The SMILES string of the molecule is Cc1nc2ccccn2c1COc1ccc(F)cc1F. The zero-order chi connectivity index (χ0) is 14.1. The van der Waals surface area contributed by atoms with Crippen LogP contribution in [0, 0.1) is 18.6 Å². The van der Waals surface area contributed by atoms with Crippen molar-refractivity contribution in [1.82, 2.24) is 9.38 Å². The topological polar surface area (TPSA) is 26.5 Å². The number of fused-ring (bicyclic) bond motifs is 1. The van der Waals surface area contributed by atoms with Crippen molar-refractivity contribution in [2.24, 2.45) is 0 Å². The minimum absolute atomic E-state index is 0.0247. The molecule has 0 spiro atoms. The fraction of sp³-hybridized carbons (Fsp3) is 0.133. The van der Waals surface area contributed by atoms with E-state index in [-0.39, 0.29) is 12.4 Å². The molecule has 0 saturated heterocycles. The lowest BCUT2D eigenvalue weighted by Gasteiger charge is -2.08. The summed E-state index contributed by atoms with van der Waals surface area (Å²) in [5.41, 5.74) is 2.46. The summed E-state index contributed by atoms with van der Waals surface area (Å²) in [6, 6.07) is 8.91. The van der Waals surface area contributed by atoms with Crippen LogP contribution in [0.4, 0.5) is 8.78 Å². The Balaban J connectivity index is 1.88. The Hall–Kier alpha value is -2.43. The number of hydrogen-bond donors (Lipinski definition) is 0. The van der Waals surface area contributed by atoms with Crippen molar-refractivity contribution in [1.29, 1.82) is 0 Å². The summed E-state index contributed by atoms with van der Waals surface area (Å²) in [4.78, 5) is 4.39. The van der Waals surface area contributed by atoms with Gasteiger partial charge in [0.15, 0.2) is 11.6 Å². The second-order valence-corrected chi connectivity index (χ2v) is 4.44. The normalized spacial score (nSPS) is 10.9. The Kier molecular flexibility index (Phi) is 3.10. The van der Waals surface area contributed by atoms with Crippen LogP contribution in [0.25, 0.3) is 5.65 Å². The molecule has 0 aliphatic carbocycles. The third-order valence-corrected chi connectivity index (χ3v) is 3.09. The lowest BCUT2D eigenvalue weighted by Crippen LogP contribution is -2.02. The summed E-state index contributed by atoms with van der Waals surface area (Å²) < 4.78 is 33.6. The lowest BCUT2D eigenvalue weighted by molar-refractivity contribution is 0.283. The van der Waals surface area contributed by atoms with Gasteiger partial charge in [0.2, 0.25) is 0 Å². The maximum absolute atomic E-state index is 13.5. The first kappa shape index (κ1) is 12.6. The van der Waals surface area contributed by atoms with Gasteiger partial charge in [-0.15, -0.1) is 0 Å². The summed E-state index contributed by atoms with van der Waals surface area (Å²) in [7, 11) is 0. The van der Waals surface area contributed by atoms with Crippen LogP contribution in [-0.2, 0) is 6.61 Å². The van der Waals surface area contributed by atoms with Crippen molar-refractivity contribution in [3.8, 4) is 5.75 Å². The third kappa shape index (κ3) is 2.22. The molecule has 2 aromatic heterocycles. The zero-order valence-corrected chi connectivity index (χ0v) is 10.8. The molecule has 5 heteroatoms. The molecule has 0 fully saturated rings. The van der Waals surface area contributed by atoms with Gasteiger partial charge in [0.25, 0.3) is 0 Å². The second kappa shape index (κ2) is 4.92. The average Bonchev–Trinajstić information content (AvgIpc) is 2.74. The Morgan fingerprint density at radius 1 is 1.20 bits per heavy atom. The maximum Gasteiger partial charge on any atom is 0.167 e. The van der Waals surface area contributed by atoms with Crippen LogP contribution < -0.4 is 4.74 Å². The largest absolute Gasteiger partial charge is 0.484 e. The first-order valence-corrected chi connectivity index (χ1v) is 6.15. The Bertz CT molecular complexity index is 768. The van der Waals surface area contributed by atoms with E-state index in [1.807, 2.05) is 35.7 Å². The summed E-state index contributed by atoms with van der Waals surface area (Å²) >= 11 is 0. The van der Waals surface area contributed by atoms with E-state index < -0.39 is 11.6 Å². The van der Waals surface area contributed by atoms with Gasteiger partial charge in [0.05, 0.1) is 11.4 Å². The second-order valence-electron chi connectivity index (χ2n) is 4.44. The van der Waals surface area contributed by atoms with Crippen LogP contribution in [0.1, 0.15) is 11.4 Å². The van der Waals surface area contributed by atoms with Crippen molar-refractivity contribution < 1.29 is 13.5 Å². The molecule has 0 aliphatic heterocycles. The predicted molar refractivity (Wildman–Crippen MR) is 70.6 cm³/mol. The number of aryl methyl sites for hydroxylation is 1. The number of halogens is 2. The number of nitrogens with zero attached hydrogens (tertiary/aromatic N) is 2. The van der Waals surface area contributed by atoms with E-state index in [0.29, 0.717) is 0 Å². The highest BCUT2D eigenvalue weighted by molar-refractivity contribution is 5.42. The Morgan fingerprint density at radius 3 is 2.85 bits per heavy atom. The minimum atomic E-state index is -0.712. The molecule has 20 heavy (non-hydrogen) atoms. The van der Waals surface area contributed by atoms with Crippen molar-refractivity contribution in [3.63, 3.8) is 0 Å². The van der Waals surface area contributed by atoms with Crippen LogP contribution in [-0.4, -0.2) is 9.38 Å². The molecule has 1 aromatic carbocycles. The van der Waals surface area contributed by atoms with Crippen molar-refractivity contribution >= 4 is 5.65 Å². The summed E-state index contributed by atoms with van der Waals surface area (Å²) in [6.45, 7) is 2.03. The molecule has 0 bridgehead atoms. The molecule has 3 nitrogen and oxygen atoms in total. The van der Waals surface area contributed by atoms with Crippen molar-refractivity contribution in [3.05, 3.63) is 65.6 Å². The molecule has 0 unspecified atom stereocenters. The van der Waals surface area contributed by atoms with Gasteiger partial charge < -0.3 is 9.14 Å². The monoisotopic (exact) mass is 274 g/mol. The molecular formula is C15H12F2N2O. The van der Waals surface area contributed by atoms with E-state index in [0.717, 1.165) is 23.1 Å². The Morgan fingerprint density at radius 2 is 2.05 bits per heavy atom. The van der Waals surface area contributed by atoms with E-state index >= 15 is 0 Å². The molecule has 0 radical (unpaired) electrons. The van der Waals surface area contributed by atoms with E-state index in [1.54, 1.807) is 0 Å². The molecule has 0 aliphatic rings. The fourth-order valence-electron chi connectivity index (χ4n) is 2.08. The van der Waals surface area contributed by atoms with Gasteiger partial charge in [-0.3, -0.25) is 0 Å². The first-order chi connectivity index (χ1) is 9.65.